The lowest BCUT2D eigenvalue weighted by atomic mass is 9.97. The lowest BCUT2D eigenvalue weighted by Gasteiger charge is -2.12. The Kier molecular flexibility index (Phi) is 8.59. The summed E-state index contributed by atoms with van der Waals surface area (Å²) in [5, 5.41) is 10.7. The van der Waals surface area contributed by atoms with Crippen LogP contribution in [0.2, 0.25) is 0 Å². The number of ether oxygens (including phenoxy) is 1. The summed E-state index contributed by atoms with van der Waals surface area (Å²) in [5.74, 6) is -0.302. The van der Waals surface area contributed by atoms with Crippen molar-refractivity contribution in [3.05, 3.63) is 107 Å². The first-order chi connectivity index (χ1) is 16.1. The van der Waals surface area contributed by atoms with Crippen LogP contribution >= 0.6 is 0 Å². The average molecular weight is 442 g/mol. The molecule has 4 nitrogen and oxygen atoms in total. The third-order valence-electron chi connectivity index (χ3n) is 5.56. The van der Waals surface area contributed by atoms with Crippen LogP contribution in [-0.4, -0.2) is 23.2 Å². The van der Waals surface area contributed by atoms with Crippen molar-refractivity contribution >= 4 is 16.9 Å². The minimum atomic E-state index is -0.925. The van der Waals surface area contributed by atoms with E-state index in [1.807, 2.05) is 38.1 Å². The quantitative estimate of drug-likeness (QED) is 0.337. The third kappa shape index (κ3) is 6.19. The highest BCUT2D eigenvalue weighted by Crippen LogP contribution is 2.24. The van der Waals surface area contributed by atoms with Crippen molar-refractivity contribution in [2.24, 2.45) is 0 Å². The van der Waals surface area contributed by atoms with Crippen molar-refractivity contribution in [2.45, 2.75) is 39.5 Å². The number of pyridine rings is 1. The maximum Gasteiger partial charge on any atom is 0.336 e. The second-order valence-corrected chi connectivity index (χ2v) is 7.61. The first-order valence-electron chi connectivity index (χ1n) is 11.5. The summed E-state index contributed by atoms with van der Waals surface area (Å²) >= 11 is 0. The number of aromatic carboxylic acids is 1. The second-order valence-electron chi connectivity index (χ2n) is 7.61. The van der Waals surface area contributed by atoms with Crippen LogP contribution in [0.15, 0.2) is 78.9 Å². The number of carbonyl (C=O) groups is 1. The molecule has 0 unspecified atom stereocenters. The van der Waals surface area contributed by atoms with E-state index in [2.05, 4.69) is 42.5 Å². The molecule has 0 saturated carbocycles. The van der Waals surface area contributed by atoms with Crippen molar-refractivity contribution < 1.29 is 14.6 Å². The maximum absolute atomic E-state index is 11.6. The number of hydrogen-bond donors (Lipinski definition) is 1. The van der Waals surface area contributed by atoms with Gasteiger partial charge in [0, 0.05) is 16.6 Å². The molecule has 0 saturated heterocycles. The highest BCUT2D eigenvalue weighted by molar-refractivity contribution is 5.90. The van der Waals surface area contributed by atoms with Crippen molar-refractivity contribution in [1.29, 1.82) is 0 Å². The van der Waals surface area contributed by atoms with Gasteiger partial charge in [0.05, 0.1) is 18.2 Å². The predicted octanol–water partition coefficient (Wildman–Crippen LogP) is 6.54. The molecule has 1 heterocycles. The molecule has 0 amide bonds. The SMILES string of the molecule is CC.COc1cccc(C(=O)O)c1CCc1cccc(CCc2ccc3ccccc3n2)c1. The molecular weight excluding hydrogens is 410 g/mol. The summed E-state index contributed by atoms with van der Waals surface area (Å²) in [6.07, 6.45) is 3.15. The lowest BCUT2D eigenvalue weighted by molar-refractivity contribution is 0.0695. The summed E-state index contributed by atoms with van der Waals surface area (Å²) in [4.78, 5) is 16.4. The molecule has 4 rings (SSSR count). The highest BCUT2D eigenvalue weighted by Gasteiger charge is 2.14. The standard InChI is InChI=1S/C27H25NO3.C2H6/c1-31-26-11-5-9-24(27(29)30)23(26)17-13-20-7-4-6-19(18-20)12-15-22-16-14-21-8-2-3-10-25(21)28-22;1-2/h2-11,14,16,18H,12-13,15,17H2,1H3,(H,29,30);1-2H3. The number of aryl methyl sites for hydroxylation is 3. The maximum atomic E-state index is 11.6. The summed E-state index contributed by atoms with van der Waals surface area (Å²) < 4.78 is 5.40. The molecule has 3 aromatic carbocycles. The zero-order chi connectivity index (χ0) is 23.6. The van der Waals surface area contributed by atoms with Gasteiger partial charge in [-0.2, -0.15) is 0 Å². The first kappa shape index (κ1) is 24.0. The van der Waals surface area contributed by atoms with Crippen molar-refractivity contribution in [3.8, 4) is 5.75 Å². The van der Waals surface area contributed by atoms with Gasteiger partial charge in [-0.15, -0.1) is 0 Å². The highest BCUT2D eigenvalue weighted by atomic mass is 16.5. The molecule has 170 valence electrons. The van der Waals surface area contributed by atoms with Gasteiger partial charge in [-0.25, -0.2) is 4.79 Å². The Morgan fingerprint density at radius 2 is 1.52 bits per heavy atom. The molecular formula is C29H31NO3. The monoisotopic (exact) mass is 441 g/mol. The molecule has 0 spiro atoms. The number of carboxylic acids is 1. The van der Waals surface area contributed by atoms with E-state index in [1.54, 1.807) is 19.2 Å². The Balaban J connectivity index is 0.00000149. The van der Waals surface area contributed by atoms with E-state index in [9.17, 15) is 9.90 Å². The largest absolute Gasteiger partial charge is 0.496 e. The zero-order valence-corrected chi connectivity index (χ0v) is 19.5. The van der Waals surface area contributed by atoms with Gasteiger partial charge in [0.1, 0.15) is 5.75 Å². The van der Waals surface area contributed by atoms with E-state index in [-0.39, 0.29) is 0 Å². The Bertz CT molecular complexity index is 1220. The first-order valence-corrected chi connectivity index (χ1v) is 11.5. The molecule has 4 heteroatoms. The number of rotatable bonds is 8. The summed E-state index contributed by atoms with van der Waals surface area (Å²) in [5.41, 5.74) is 5.60. The van der Waals surface area contributed by atoms with Crippen LogP contribution in [0, 0.1) is 0 Å². The number of carboxylic acid groups (broad SMARTS) is 1. The Morgan fingerprint density at radius 3 is 2.24 bits per heavy atom. The number of para-hydroxylation sites is 1. The van der Waals surface area contributed by atoms with E-state index in [0.29, 0.717) is 17.7 Å². The van der Waals surface area contributed by atoms with Gasteiger partial charge in [-0.1, -0.05) is 68.4 Å². The number of hydrogen-bond acceptors (Lipinski definition) is 3. The van der Waals surface area contributed by atoms with E-state index in [1.165, 1.54) is 11.1 Å². The number of nitrogens with zero attached hydrogens (tertiary/aromatic N) is 1. The third-order valence-corrected chi connectivity index (χ3v) is 5.56. The van der Waals surface area contributed by atoms with Crippen LogP contribution in [0.1, 0.15) is 46.6 Å². The van der Waals surface area contributed by atoms with Crippen molar-refractivity contribution in [1.82, 2.24) is 4.98 Å². The van der Waals surface area contributed by atoms with E-state index < -0.39 is 5.97 Å². The Morgan fingerprint density at radius 1 is 0.818 bits per heavy atom. The summed E-state index contributed by atoms with van der Waals surface area (Å²) in [6.45, 7) is 4.00. The van der Waals surface area contributed by atoms with E-state index in [4.69, 9.17) is 9.72 Å². The van der Waals surface area contributed by atoms with Crippen LogP contribution in [0.3, 0.4) is 0 Å². The molecule has 0 aliphatic carbocycles. The van der Waals surface area contributed by atoms with Gasteiger partial charge in [0.2, 0.25) is 0 Å². The van der Waals surface area contributed by atoms with Crippen LogP contribution in [0.4, 0.5) is 0 Å². The van der Waals surface area contributed by atoms with Crippen LogP contribution < -0.4 is 4.74 Å². The van der Waals surface area contributed by atoms with Gasteiger partial charge >= 0.3 is 5.97 Å². The van der Waals surface area contributed by atoms with Crippen molar-refractivity contribution in [3.63, 3.8) is 0 Å². The molecule has 0 fully saturated rings. The van der Waals surface area contributed by atoms with Gasteiger partial charge in [0.15, 0.2) is 0 Å². The lowest BCUT2D eigenvalue weighted by Crippen LogP contribution is -2.06. The number of fused-ring (bicyclic) bond motifs is 1. The molecule has 0 radical (unpaired) electrons. The topological polar surface area (TPSA) is 59.4 Å². The normalized spacial score (nSPS) is 10.4. The van der Waals surface area contributed by atoms with Gasteiger partial charge in [0.25, 0.3) is 0 Å². The second kappa shape index (κ2) is 11.8. The predicted molar refractivity (Wildman–Crippen MR) is 134 cm³/mol. The fourth-order valence-corrected chi connectivity index (χ4v) is 3.95. The number of methoxy groups -OCH3 is 1. The minimum absolute atomic E-state index is 0.304. The summed E-state index contributed by atoms with van der Waals surface area (Å²) in [6, 6.07) is 26.0. The van der Waals surface area contributed by atoms with E-state index in [0.717, 1.165) is 41.4 Å². The molecule has 0 aliphatic rings. The smallest absolute Gasteiger partial charge is 0.336 e. The van der Waals surface area contributed by atoms with E-state index >= 15 is 0 Å². The molecule has 0 bridgehead atoms. The van der Waals surface area contributed by atoms with Crippen LogP contribution in [-0.2, 0) is 25.7 Å². The average Bonchev–Trinajstić information content (AvgIpc) is 2.87. The fourth-order valence-electron chi connectivity index (χ4n) is 3.95. The Labute approximate surface area is 195 Å². The molecule has 0 atom stereocenters. The molecule has 4 aromatic rings. The van der Waals surface area contributed by atoms with Gasteiger partial charge in [-0.3, -0.25) is 4.98 Å². The molecule has 33 heavy (non-hydrogen) atoms. The van der Waals surface area contributed by atoms with Crippen molar-refractivity contribution in [2.75, 3.05) is 7.11 Å². The number of benzene rings is 3. The molecule has 1 aromatic heterocycles. The van der Waals surface area contributed by atoms with Crippen LogP contribution in [0.25, 0.3) is 10.9 Å². The van der Waals surface area contributed by atoms with Gasteiger partial charge in [-0.05, 0) is 61.1 Å². The van der Waals surface area contributed by atoms with Crippen LogP contribution in [0.5, 0.6) is 5.75 Å². The molecule has 0 aliphatic heterocycles. The number of aromatic nitrogens is 1. The zero-order valence-electron chi connectivity index (χ0n) is 19.5. The van der Waals surface area contributed by atoms with Gasteiger partial charge < -0.3 is 9.84 Å². The molecule has 1 N–H and O–H groups in total. The summed E-state index contributed by atoms with van der Waals surface area (Å²) in [7, 11) is 1.58. The Hall–Kier alpha value is -3.66. The fraction of sp³-hybridized carbons (Fsp3) is 0.241. The minimum Gasteiger partial charge on any atom is -0.496 e.